The lowest BCUT2D eigenvalue weighted by Crippen LogP contribution is -2.15. The number of carbonyl (C=O) groups is 1. The fourth-order valence-corrected chi connectivity index (χ4v) is 2.67. The zero-order valence-corrected chi connectivity index (χ0v) is 11.8. The second-order valence-electron chi connectivity index (χ2n) is 4.34. The maximum absolute atomic E-state index is 11.4. The Morgan fingerprint density at radius 2 is 2.17 bits per heavy atom. The zero-order chi connectivity index (χ0) is 13.3. The molecule has 2 rings (SSSR count). The van der Waals surface area contributed by atoms with Gasteiger partial charge in [0.2, 0.25) is 0 Å². The van der Waals surface area contributed by atoms with E-state index in [0.717, 1.165) is 27.2 Å². The van der Waals surface area contributed by atoms with Crippen molar-refractivity contribution < 1.29 is 9.21 Å². The van der Waals surface area contributed by atoms with Gasteiger partial charge in [-0.15, -0.1) is 0 Å². The minimum atomic E-state index is 0.0680. The molecule has 0 saturated heterocycles. The van der Waals surface area contributed by atoms with Crippen LogP contribution in [0.1, 0.15) is 33.8 Å². The van der Waals surface area contributed by atoms with Gasteiger partial charge in [0.25, 0.3) is 0 Å². The van der Waals surface area contributed by atoms with E-state index in [4.69, 9.17) is 4.42 Å². The van der Waals surface area contributed by atoms with Crippen molar-refractivity contribution in [1.82, 2.24) is 4.98 Å². The van der Waals surface area contributed by atoms with Crippen LogP contribution in [0.25, 0.3) is 0 Å². The Labute approximate surface area is 110 Å². The Morgan fingerprint density at radius 3 is 2.67 bits per heavy atom. The highest BCUT2D eigenvalue weighted by molar-refractivity contribution is 7.17. The molecule has 0 aliphatic rings. The highest BCUT2D eigenvalue weighted by Gasteiger charge is 2.15. The molecule has 0 aromatic carbocycles. The molecule has 0 amide bonds. The van der Waals surface area contributed by atoms with Crippen molar-refractivity contribution in [2.45, 2.75) is 27.3 Å². The van der Waals surface area contributed by atoms with Crippen molar-refractivity contribution >= 4 is 22.3 Å². The second kappa shape index (κ2) is 4.94. The molecule has 0 saturated carbocycles. The lowest BCUT2D eigenvalue weighted by atomic mass is 10.3. The predicted octanol–water partition coefficient (Wildman–Crippen LogP) is 3.19. The molecule has 0 N–H and O–H groups in total. The normalized spacial score (nSPS) is 10.7. The first-order valence-electron chi connectivity index (χ1n) is 5.72. The van der Waals surface area contributed by atoms with Gasteiger partial charge in [-0.1, -0.05) is 11.3 Å². The Hall–Kier alpha value is -1.62. The third-order valence-electron chi connectivity index (χ3n) is 2.62. The summed E-state index contributed by atoms with van der Waals surface area (Å²) >= 11 is 1.43. The van der Waals surface area contributed by atoms with Crippen molar-refractivity contribution in [3.8, 4) is 0 Å². The maximum atomic E-state index is 11.4. The zero-order valence-electron chi connectivity index (χ0n) is 11.0. The average Bonchev–Trinajstić information content (AvgIpc) is 2.85. The lowest BCUT2D eigenvalue weighted by Gasteiger charge is -2.13. The molecule has 5 heteroatoms. The molecule has 2 aromatic heterocycles. The van der Waals surface area contributed by atoms with Gasteiger partial charge in [0.15, 0.2) is 10.9 Å². The minimum Gasteiger partial charge on any atom is -0.464 e. The quantitative estimate of drug-likeness (QED) is 0.796. The molecule has 2 aromatic rings. The third-order valence-corrected chi connectivity index (χ3v) is 3.99. The number of hydrogen-bond donors (Lipinski definition) is 0. The molecule has 0 spiro atoms. The van der Waals surface area contributed by atoms with Crippen molar-refractivity contribution in [3.05, 3.63) is 34.2 Å². The summed E-state index contributed by atoms with van der Waals surface area (Å²) < 4.78 is 5.53. The van der Waals surface area contributed by atoms with Crippen molar-refractivity contribution in [1.29, 1.82) is 0 Å². The first-order valence-corrected chi connectivity index (χ1v) is 6.54. The van der Waals surface area contributed by atoms with Gasteiger partial charge in [-0.25, -0.2) is 4.98 Å². The Bertz CT molecular complexity index is 571. The van der Waals surface area contributed by atoms with E-state index < -0.39 is 0 Å². The number of Topliss-reactive ketones (excluding diaryl/α,β-unsaturated/α-hetero) is 1. The highest BCUT2D eigenvalue weighted by Crippen LogP contribution is 2.26. The van der Waals surface area contributed by atoms with E-state index in [2.05, 4.69) is 4.98 Å². The molecule has 0 radical (unpaired) electrons. The van der Waals surface area contributed by atoms with Crippen LogP contribution < -0.4 is 4.90 Å². The van der Waals surface area contributed by atoms with Gasteiger partial charge < -0.3 is 9.32 Å². The van der Waals surface area contributed by atoms with E-state index in [9.17, 15) is 4.79 Å². The SMILES string of the molecule is CC(=O)c1sc(N(C)Cc2ccc(C)o2)nc1C. The smallest absolute Gasteiger partial charge is 0.186 e. The summed E-state index contributed by atoms with van der Waals surface area (Å²) in [6.45, 7) is 6.00. The van der Waals surface area contributed by atoms with Crippen LogP contribution in [-0.2, 0) is 6.54 Å². The van der Waals surface area contributed by atoms with Crippen LogP contribution in [0.3, 0.4) is 0 Å². The van der Waals surface area contributed by atoms with Crippen molar-refractivity contribution in [2.75, 3.05) is 11.9 Å². The first kappa shape index (κ1) is 12.8. The summed E-state index contributed by atoms with van der Waals surface area (Å²) in [6.07, 6.45) is 0. The number of aromatic nitrogens is 1. The van der Waals surface area contributed by atoms with Gasteiger partial charge in [-0.2, -0.15) is 0 Å². The van der Waals surface area contributed by atoms with Crippen LogP contribution in [0.2, 0.25) is 0 Å². The summed E-state index contributed by atoms with van der Waals surface area (Å²) in [6, 6.07) is 3.90. The van der Waals surface area contributed by atoms with Crippen LogP contribution in [0.4, 0.5) is 5.13 Å². The van der Waals surface area contributed by atoms with Gasteiger partial charge in [-0.3, -0.25) is 4.79 Å². The molecular weight excluding hydrogens is 248 g/mol. The molecule has 2 heterocycles. The van der Waals surface area contributed by atoms with E-state index in [-0.39, 0.29) is 5.78 Å². The molecule has 18 heavy (non-hydrogen) atoms. The molecular formula is C13H16N2O2S. The predicted molar refractivity (Wildman–Crippen MR) is 72.4 cm³/mol. The number of hydrogen-bond acceptors (Lipinski definition) is 5. The number of furan rings is 1. The standard InChI is InChI=1S/C13H16N2O2S/c1-8-5-6-11(17-8)7-15(4)13-14-9(2)12(18-13)10(3)16/h5-6H,7H2,1-4H3. The molecule has 96 valence electrons. The fourth-order valence-electron chi connectivity index (χ4n) is 1.74. The number of carbonyl (C=O) groups excluding carboxylic acids is 1. The largest absolute Gasteiger partial charge is 0.464 e. The van der Waals surface area contributed by atoms with Gasteiger partial charge in [-0.05, 0) is 26.0 Å². The average molecular weight is 264 g/mol. The monoisotopic (exact) mass is 264 g/mol. The van der Waals surface area contributed by atoms with E-state index in [0.29, 0.717) is 6.54 Å². The van der Waals surface area contributed by atoms with Crippen molar-refractivity contribution in [3.63, 3.8) is 0 Å². The third kappa shape index (κ3) is 2.61. The van der Waals surface area contributed by atoms with Crippen molar-refractivity contribution in [2.24, 2.45) is 0 Å². The summed E-state index contributed by atoms with van der Waals surface area (Å²) in [4.78, 5) is 18.5. The van der Waals surface area contributed by atoms with E-state index >= 15 is 0 Å². The number of anilines is 1. The minimum absolute atomic E-state index is 0.0680. The molecule has 0 atom stereocenters. The number of aryl methyl sites for hydroxylation is 2. The van der Waals surface area contributed by atoms with Crippen LogP contribution in [-0.4, -0.2) is 17.8 Å². The molecule has 0 fully saturated rings. The fraction of sp³-hybridized carbons (Fsp3) is 0.385. The summed E-state index contributed by atoms with van der Waals surface area (Å²) in [5.41, 5.74) is 0.796. The Kier molecular flexibility index (Phi) is 3.52. The maximum Gasteiger partial charge on any atom is 0.186 e. The van der Waals surface area contributed by atoms with E-state index in [1.165, 1.54) is 11.3 Å². The lowest BCUT2D eigenvalue weighted by molar-refractivity contribution is 0.102. The van der Waals surface area contributed by atoms with E-state index in [1.807, 2.05) is 37.9 Å². The van der Waals surface area contributed by atoms with Gasteiger partial charge in [0.05, 0.1) is 17.1 Å². The molecule has 0 aliphatic heterocycles. The van der Waals surface area contributed by atoms with E-state index in [1.54, 1.807) is 6.92 Å². The van der Waals surface area contributed by atoms with Crippen LogP contribution in [0.15, 0.2) is 16.5 Å². The second-order valence-corrected chi connectivity index (χ2v) is 5.31. The number of thiazole rings is 1. The Morgan fingerprint density at radius 1 is 1.44 bits per heavy atom. The van der Waals surface area contributed by atoms with Crippen LogP contribution in [0.5, 0.6) is 0 Å². The van der Waals surface area contributed by atoms with Crippen LogP contribution >= 0.6 is 11.3 Å². The van der Waals surface area contributed by atoms with Gasteiger partial charge in [0.1, 0.15) is 11.5 Å². The first-order chi connectivity index (χ1) is 8.47. The highest BCUT2D eigenvalue weighted by atomic mass is 32.1. The number of rotatable bonds is 4. The van der Waals surface area contributed by atoms with Gasteiger partial charge in [0, 0.05) is 14.0 Å². The summed E-state index contributed by atoms with van der Waals surface area (Å²) in [5, 5.41) is 0.840. The summed E-state index contributed by atoms with van der Waals surface area (Å²) in [5.74, 6) is 1.86. The summed E-state index contributed by atoms with van der Waals surface area (Å²) in [7, 11) is 1.94. The molecule has 4 nitrogen and oxygen atoms in total. The molecule has 0 bridgehead atoms. The molecule has 0 unspecified atom stereocenters. The number of ketones is 1. The van der Waals surface area contributed by atoms with Gasteiger partial charge >= 0.3 is 0 Å². The molecule has 0 aliphatic carbocycles. The topological polar surface area (TPSA) is 46.3 Å². The number of nitrogens with zero attached hydrogens (tertiary/aromatic N) is 2. The Balaban J connectivity index is 2.16. The van der Waals surface area contributed by atoms with Crippen LogP contribution in [0, 0.1) is 13.8 Å².